The number of halogens is 1. The van der Waals surface area contributed by atoms with Gasteiger partial charge >= 0.3 is 0 Å². The van der Waals surface area contributed by atoms with Gasteiger partial charge in [0.05, 0.1) is 0 Å². The first-order chi connectivity index (χ1) is 4.33. The Balaban J connectivity index is 3.01. The number of carbonyl (C=O) groups excluding carboxylic acids is 1. The zero-order valence-electron chi connectivity index (χ0n) is 4.54. The van der Waals surface area contributed by atoms with E-state index in [2.05, 4.69) is 27.6 Å². The van der Waals surface area contributed by atoms with Crippen molar-refractivity contribution in [1.82, 2.24) is 4.98 Å². The highest BCUT2D eigenvalue weighted by atomic mass is 127. The van der Waals surface area contributed by atoms with Crippen LogP contribution in [0.3, 0.4) is 0 Å². The van der Waals surface area contributed by atoms with E-state index >= 15 is 0 Å². The van der Waals surface area contributed by atoms with Gasteiger partial charge in [-0.3, -0.25) is 9.78 Å². The fourth-order valence-electron chi connectivity index (χ4n) is 0.457. The van der Waals surface area contributed by atoms with Crippen LogP contribution < -0.4 is 0 Å². The van der Waals surface area contributed by atoms with Crippen LogP contribution in [0.15, 0.2) is 18.3 Å². The fourth-order valence-corrected chi connectivity index (χ4v) is 0.776. The normalized spacial score (nSPS) is 9.00. The van der Waals surface area contributed by atoms with Gasteiger partial charge in [-0.2, -0.15) is 0 Å². The molecule has 0 fully saturated rings. The van der Waals surface area contributed by atoms with Crippen LogP contribution in [0.25, 0.3) is 0 Å². The van der Waals surface area contributed by atoms with Crippen molar-refractivity contribution in [2.24, 2.45) is 0 Å². The lowest BCUT2D eigenvalue weighted by atomic mass is 10.4. The summed E-state index contributed by atoms with van der Waals surface area (Å²) in [7, 11) is 0. The summed E-state index contributed by atoms with van der Waals surface area (Å²) in [6, 6.07) is 3.53. The van der Waals surface area contributed by atoms with Gasteiger partial charge in [0.2, 0.25) is 0 Å². The Morgan fingerprint density at radius 1 is 1.56 bits per heavy atom. The van der Waals surface area contributed by atoms with Crippen molar-refractivity contribution in [3.63, 3.8) is 0 Å². The molecule has 0 aliphatic carbocycles. The molecule has 1 aromatic heterocycles. The Kier molecular flexibility index (Phi) is 2.16. The highest BCUT2D eigenvalue weighted by molar-refractivity contribution is 14.1. The molecule has 2 nitrogen and oxygen atoms in total. The van der Waals surface area contributed by atoms with Crippen LogP contribution in [0.4, 0.5) is 0 Å². The maximum atomic E-state index is 10.1. The van der Waals surface area contributed by atoms with Crippen molar-refractivity contribution in [3.05, 3.63) is 27.6 Å². The smallest absolute Gasteiger partial charge is 0.168 e. The number of aromatic nitrogens is 1. The lowest BCUT2D eigenvalue weighted by molar-refractivity contribution is 0.111. The minimum Gasteiger partial charge on any atom is -0.296 e. The first-order valence-corrected chi connectivity index (χ1v) is 3.47. The highest BCUT2D eigenvalue weighted by Crippen LogP contribution is 2.00. The molecule has 0 radical (unpaired) electrons. The molecule has 0 N–H and O–H groups in total. The summed E-state index contributed by atoms with van der Waals surface area (Å²) in [6.07, 6.45) is 2.39. The minimum atomic E-state index is 0.482. The number of hydrogen-bond donors (Lipinski definition) is 0. The van der Waals surface area contributed by atoms with E-state index in [4.69, 9.17) is 0 Å². The van der Waals surface area contributed by atoms with Crippen LogP contribution in [-0.2, 0) is 0 Å². The van der Waals surface area contributed by atoms with Crippen molar-refractivity contribution in [1.29, 1.82) is 0 Å². The van der Waals surface area contributed by atoms with E-state index < -0.39 is 0 Å². The molecule has 0 aliphatic rings. The van der Waals surface area contributed by atoms with E-state index in [1.807, 2.05) is 6.07 Å². The zero-order valence-corrected chi connectivity index (χ0v) is 6.70. The highest BCUT2D eigenvalue weighted by Gasteiger charge is 1.87. The van der Waals surface area contributed by atoms with Crippen molar-refractivity contribution in [2.75, 3.05) is 0 Å². The predicted molar refractivity (Wildman–Crippen MR) is 42.3 cm³/mol. The van der Waals surface area contributed by atoms with Gasteiger partial charge in [-0.15, -0.1) is 0 Å². The maximum Gasteiger partial charge on any atom is 0.168 e. The summed E-state index contributed by atoms with van der Waals surface area (Å²) in [4.78, 5) is 13.9. The molecule has 1 rings (SSSR count). The van der Waals surface area contributed by atoms with Gasteiger partial charge in [0, 0.05) is 9.77 Å². The average Bonchev–Trinajstić information content (AvgIpc) is 1.90. The molecule has 0 saturated heterocycles. The topological polar surface area (TPSA) is 30.0 Å². The van der Waals surface area contributed by atoms with Crippen molar-refractivity contribution in [3.8, 4) is 0 Å². The Bertz CT molecular complexity index is 207. The Morgan fingerprint density at radius 3 is 2.78 bits per heavy atom. The van der Waals surface area contributed by atoms with Gasteiger partial charge in [-0.25, -0.2) is 0 Å². The van der Waals surface area contributed by atoms with Crippen LogP contribution in [0.1, 0.15) is 10.5 Å². The zero-order chi connectivity index (χ0) is 6.69. The molecule has 0 saturated carbocycles. The Labute approximate surface area is 66.4 Å². The number of pyridine rings is 1. The lowest BCUT2D eigenvalue weighted by Crippen LogP contribution is -1.84. The van der Waals surface area contributed by atoms with Crippen LogP contribution in [0.2, 0.25) is 0 Å². The third-order valence-corrected chi connectivity index (χ3v) is 1.51. The van der Waals surface area contributed by atoms with Gasteiger partial charge in [0.15, 0.2) is 6.29 Å². The van der Waals surface area contributed by atoms with Gasteiger partial charge in [-0.05, 0) is 34.7 Å². The predicted octanol–water partition coefficient (Wildman–Crippen LogP) is 1.50. The fraction of sp³-hybridized carbons (Fsp3) is 0. The molecule has 0 spiro atoms. The second kappa shape index (κ2) is 2.91. The number of aldehydes is 1. The third-order valence-electron chi connectivity index (χ3n) is 0.871. The van der Waals surface area contributed by atoms with Gasteiger partial charge < -0.3 is 0 Å². The summed E-state index contributed by atoms with van der Waals surface area (Å²) in [5, 5.41) is 0. The van der Waals surface area contributed by atoms with E-state index in [1.165, 1.54) is 0 Å². The maximum absolute atomic E-state index is 10.1. The molecular formula is C6H4INO. The van der Waals surface area contributed by atoms with Crippen LogP contribution in [0, 0.1) is 3.57 Å². The molecule has 0 unspecified atom stereocenters. The van der Waals surface area contributed by atoms with E-state index in [1.54, 1.807) is 12.3 Å². The quantitative estimate of drug-likeness (QED) is 0.543. The average molecular weight is 233 g/mol. The summed E-state index contributed by atoms with van der Waals surface area (Å²) in [5.74, 6) is 0. The second-order valence-corrected chi connectivity index (χ2v) is 2.76. The van der Waals surface area contributed by atoms with E-state index in [9.17, 15) is 4.79 Å². The van der Waals surface area contributed by atoms with Crippen LogP contribution in [0.5, 0.6) is 0 Å². The monoisotopic (exact) mass is 233 g/mol. The van der Waals surface area contributed by atoms with Gasteiger partial charge in [0.1, 0.15) is 5.69 Å². The molecular weight excluding hydrogens is 229 g/mol. The van der Waals surface area contributed by atoms with E-state index in [0.29, 0.717) is 5.69 Å². The van der Waals surface area contributed by atoms with Crippen LogP contribution >= 0.6 is 22.6 Å². The van der Waals surface area contributed by atoms with Gasteiger partial charge in [0.25, 0.3) is 0 Å². The van der Waals surface area contributed by atoms with Crippen molar-refractivity contribution in [2.45, 2.75) is 0 Å². The first kappa shape index (κ1) is 6.67. The Morgan fingerprint density at radius 2 is 2.33 bits per heavy atom. The molecule has 0 atom stereocenters. The molecule has 46 valence electrons. The summed E-state index contributed by atoms with van der Waals surface area (Å²) in [5.41, 5.74) is 0.482. The molecule has 0 amide bonds. The second-order valence-electron chi connectivity index (χ2n) is 1.52. The van der Waals surface area contributed by atoms with E-state index in [0.717, 1.165) is 9.86 Å². The largest absolute Gasteiger partial charge is 0.296 e. The summed E-state index contributed by atoms with van der Waals surface area (Å²) < 4.78 is 1.04. The molecule has 3 heteroatoms. The number of hydrogen-bond acceptors (Lipinski definition) is 2. The molecule has 0 bridgehead atoms. The SMILES string of the molecule is O=Cc1ccc(I)cn1. The van der Waals surface area contributed by atoms with Gasteiger partial charge in [-0.1, -0.05) is 0 Å². The number of carbonyl (C=O) groups is 1. The summed E-state index contributed by atoms with van der Waals surface area (Å²) >= 11 is 2.13. The molecule has 0 aromatic carbocycles. The standard InChI is InChI=1S/C6H4INO/c7-5-1-2-6(4-9)8-3-5/h1-4H. The molecule has 1 heterocycles. The third kappa shape index (κ3) is 1.74. The number of nitrogens with zero attached hydrogens (tertiary/aromatic N) is 1. The first-order valence-electron chi connectivity index (χ1n) is 2.39. The lowest BCUT2D eigenvalue weighted by Gasteiger charge is -1.87. The van der Waals surface area contributed by atoms with Crippen molar-refractivity contribution >= 4 is 28.9 Å². The van der Waals surface area contributed by atoms with Crippen LogP contribution in [-0.4, -0.2) is 11.3 Å². The molecule has 1 aromatic rings. The Hall–Kier alpha value is -0.450. The van der Waals surface area contributed by atoms with E-state index in [-0.39, 0.29) is 0 Å². The molecule has 9 heavy (non-hydrogen) atoms. The van der Waals surface area contributed by atoms with Crippen molar-refractivity contribution < 1.29 is 4.79 Å². The summed E-state index contributed by atoms with van der Waals surface area (Å²) in [6.45, 7) is 0. The molecule has 0 aliphatic heterocycles. The minimum absolute atomic E-state index is 0.482. The number of rotatable bonds is 1.